The van der Waals surface area contributed by atoms with Crippen LogP contribution in [-0.4, -0.2) is 19.3 Å². The van der Waals surface area contributed by atoms with Crippen molar-refractivity contribution in [2.75, 3.05) is 13.2 Å². The molecule has 1 aromatic carbocycles. The number of rotatable bonds is 3. The van der Waals surface area contributed by atoms with Crippen molar-refractivity contribution in [3.63, 3.8) is 0 Å². The zero-order valence-electron chi connectivity index (χ0n) is 10.6. The molecule has 0 aromatic heterocycles. The van der Waals surface area contributed by atoms with E-state index in [1.165, 1.54) is 0 Å². The Hall–Kier alpha value is -1.06. The topological polar surface area (TPSA) is 44.5 Å². The average Bonchev–Trinajstić information content (AvgIpc) is 2.33. The summed E-state index contributed by atoms with van der Waals surface area (Å²) in [5, 5.41) is 0. The van der Waals surface area contributed by atoms with Crippen LogP contribution in [0.2, 0.25) is 0 Å². The third-order valence-corrected chi connectivity index (χ3v) is 3.19. The molecule has 2 rings (SSSR count). The van der Waals surface area contributed by atoms with E-state index in [4.69, 9.17) is 15.2 Å². The first-order valence-corrected chi connectivity index (χ1v) is 6.27. The number of ether oxygens (including phenoxy) is 2. The van der Waals surface area contributed by atoms with Gasteiger partial charge in [0.05, 0.1) is 13.2 Å². The third-order valence-electron chi connectivity index (χ3n) is 3.19. The molecular weight excluding hydrogens is 214 g/mol. The van der Waals surface area contributed by atoms with Gasteiger partial charge < -0.3 is 15.2 Å². The summed E-state index contributed by atoms with van der Waals surface area (Å²) in [6.45, 7) is 5.68. The lowest BCUT2D eigenvalue weighted by atomic mass is 10.1. The molecule has 1 saturated heterocycles. The standard InChI is InChI=1S/C14H21NO2/c1-10-9-12(11(2)15)3-4-14(10)17-13-5-7-16-8-6-13/h3-4,9,11,13H,5-8,15H2,1-2H3/t11-/m1/s1. The maximum Gasteiger partial charge on any atom is 0.122 e. The molecule has 1 aromatic rings. The monoisotopic (exact) mass is 235 g/mol. The van der Waals surface area contributed by atoms with Crippen LogP contribution in [0, 0.1) is 6.92 Å². The molecule has 1 aliphatic heterocycles. The van der Waals surface area contributed by atoms with E-state index < -0.39 is 0 Å². The third kappa shape index (κ3) is 3.20. The smallest absolute Gasteiger partial charge is 0.122 e. The Morgan fingerprint density at radius 1 is 1.35 bits per heavy atom. The highest BCUT2D eigenvalue weighted by molar-refractivity contribution is 5.37. The maximum absolute atomic E-state index is 6.00. The summed E-state index contributed by atoms with van der Waals surface area (Å²) in [6, 6.07) is 6.26. The van der Waals surface area contributed by atoms with Gasteiger partial charge in [-0.25, -0.2) is 0 Å². The van der Waals surface area contributed by atoms with Crippen LogP contribution in [0.4, 0.5) is 0 Å². The SMILES string of the molecule is Cc1cc([C@@H](C)N)ccc1OC1CCOCC1. The van der Waals surface area contributed by atoms with Crippen LogP contribution in [0.3, 0.4) is 0 Å². The van der Waals surface area contributed by atoms with Gasteiger partial charge in [0.2, 0.25) is 0 Å². The molecule has 0 spiro atoms. The molecular formula is C14H21NO2. The number of hydrogen-bond donors (Lipinski definition) is 1. The van der Waals surface area contributed by atoms with E-state index in [0.29, 0.717) is 6.10 Å². The fourth-order valence-electron chi connectivity index (χ4n) is 2.06. The normalized spacial score (nSPS) is 19.0. The first kappa shape index (κ1) is 12.4. The zero-order valence-corrected chi connectivity index (χ0v) is 10.6. The predicted molar refractivity (Wildman–Crippen MR) is 68.3 cm³/mol. The van der Waals surface area contributed by atoms with Gasteiger partial charge in [-0.2, -0.15) is 0 Å². The second-order valence-corrected chi connectivity index (χ2v) is 4.74. The molecule has 0 amide bonds. The Morgan fingerprint density at radius 2 is 2.06 bits per heavy atom. The van der Waals surface area contributed by atoms with Gasteiger partial charge in [0.15, 0.2) is 0 Å². The van der Waals surface area contributed by atoms with Crippen LogP contribution in [0.25, 0.3) is 0 Å². The van der Waals surface area contributed by atoms with Crippen molar-refractivity contribution in [3.05, 3.63) is 29.3 Å². The lowest BCUT2D eigenvalue weighted by molar-refractivity contribution is 0.0253. The highest BCUT2D eigenvalue weighted by Gasteiger charge is 2.16. The summed E-state index contributed by atoms with van der Waals surface area (Å²) in [7, 11) is 0. The van der Waals surface area contributed by atoms with Crippen molar-refractivity contribution < 1.29 is 9.47 Å². The van der Waals surface area contributed by atoms with E-state index in [9.17, 15) is 0 Å². The van der Waals surface area contributed by atoms with Gasteiger partial charge in [0, 0.05) is 18.9 Å². The van der Waals surface area contributed by atoms with Crippen LogP contribution in [0.5, 0.6) is 5.75 Å². The number of hydrogen-bond acceptors (Lipinski definition) is 3. The second kappa shape index (κ2) is 5.52. The van der Waals surface area contributed by atoms with E-state index in [-0.39, 0.29) is 6.04 Å². The van der Waals surface area contributed by atoms with Crippen molar-refractivity contribution in [2.45, 2.75) is 38.8 Å². The Balaban J connectivity index is 2.05. The molecule has 1 heterocycles. The summed E-state index contributed by atoms with van der Waals surface area (Å²) >= 11 is 0. The van der Waals surface area contributed by atoms with E-state index in [2.05, 4.69) is 13.0 Å². The lowest BCUT2D eigenvalue weighted by Crippen LogP contribution is -2.26. The minimum Gasteiger partial charge on any atom is -0.490 e. The fraction of sp³-hybridized carbons (Fsp3) is 0.571. The van der Waals surface area contributed by atoms with Gasteiger partial charge in [0.1, 0.15) is 11.9 Å². The van der Waals surface area contributed by atoms with Gasteiger partial charge in [0.25, 0.3) is 0 Å². The molecule has 1 atom stereocenters. The highest BCUT2D eigenvalue weighted by atomic mass is 16.5. The quantitative estimate of drug-likeness (QED) is 0.875. The van der Waals surface area contributed by atoms with Crippen molar-refractivity contribution in [1.82, 2.24) is 0 Å². The molecule has 17 heavy (non-hydrogen) atoms. The lowest BCUT2D eigenvalue weighted by Gasteiger charge is -2.24. The zero-order chi connectivity index (χ0) is 12.3. The van der Waals surface area contributed by atoms with E-state index in [0.717, 1.165) is 42.9 Å². The van der Waals surface area contributed by atoms with Crippen molar-refractivity contribution >= 4 is 0 Å². The minimum absolute atomic E-state index is 0.0748. The van der Waals surface area contributed by atoms with Gasteiger partial charge in [-0.3, -0.25) is 0 Å². The first-order chi connectivity index (χ1) is 8.16. The summed E-state index contributed by atoms with van der Waals surface area (Å²) < 4.78 is 11.3. The molecule has 0 aliphatic carbocycles. The molecule has 0 saturated carbocycles. The maximum atomic E-state index is 6.00. The van der Waals surface area contributed by atoms with Gasteiger partial charge in [-0.1, -0.05) is 12.1 Å². The molecule has 2 N–H and O–H groups in total. The van der Waals surface area contributed by atoms with E-state index in [1.807, 2.05) is 19.1 Å². The van der Waals surface area contributed by atoms with E-state index in [1.54, 1.807) is 0 Å². The predicted octanol–water partition coefficient (Wildman–Crippen LogP) is 2.57. The molecule has 0 bridgehead atoms. The molecule has 1 aliphatic rings. The van der Waals surface area contributed by atoms with Gasteiger partial charge >= 0.3 is 0 Å². The number of nitrogens with two attached hydrogens (primary N) is 1. The summed E-state index contributed by atoms with van der Waals surface area (Å²) in [5.41, 5.74) is 8.17. The Bertz CT molecular complexity index is 370. The largest absolute Gasteiger partial charge is 0.490 e. The highest BCUT2D eigenvalue weighted by Crippen LogP contribution is 2.24. The Labute approximate surface area is 103 Å². The van der Waals surface area contributed by atoms with Crippen molar-refractivity contribution in [1.29, 1.82) is 0 Å². The van der Waals surface area contributed by atoms with Crippen LogP contribution in [0.15, 0.2) is 18.2 Å². The van der Waals surface area contributed by atoms with Crippen molar-refractivity contribution in [3.8, 4) is 5.75 Å². The van der Waals surface area contributed by atoms with Gasteiger partial charge in [-0.05, 0) is 31.0 Å². The summed E-state index contributed by atoms with van der Waals surface area (Å²) in [5.74, 6) is 0.973. The molecule has 3 nitrogen and oxygen atoms in total. The minimum atomic E-state index is 0.0748. The number of benzene rings is 1. The van der Waals surface area contributed by atoms with E-state index >= 15 is 0 Å². The molecule has 94 valence electrons. The van der Waals surface area contributed by atoms with Crippen LogP contribution < -0.4 is 10.5 Å². The first-order valence-electron chi connectivity index (χ1n) is 6.27. The average molecular weight is 235 g/mol. The van der Waals surface area contributed by atoms with Crippen LogP contribution in [-0.2, 0) is 4.74 Å². The fourth-order valence-corrected chi connectivity index (χ4v) is 2.06. The molecule has 0 radical (unpaired) electrons. The molecule has 0 unspecified atom stereocenters. The summed E-state index contributed by atoms with van der Waals surface area (Å²) in [4.78, 5) is 0. The Kier molecular flexibility index (Phi) is 4.02. The van der Waals surface area contributed by atoms with Crippen LogP contribution in [0.1, 0.15) is 36.9 Å². The molecule has 1 fully saturated rings. The number of aryl methyl sites for hydroxylation is 1. The summed E-state index contributed by atoms with van der Waals surface area (Å²) in [6.07, 6.45) is 2.26. The Morgan fingerprint density at radius 3 is 2.65 bits per heavy atom. The van der Waals surface area contributed by atoms with Crippen LogP contribution >= 0.6 is 0 Å². The molecule has 3 heteroatoms. The second-order valence-electron chi connectivity index (χ2n) is 4.74. The van der Waals surface area contributed by atoms with Crippen molar-refractivity contribution in [2.24, 2.45) is 5.73 Å². The van der Waals surface area contributed by atoms with Gasteiger partial charge in [-0.15, -0.1) is 0 Å².